The molecule has 0 spiro atoms. The van der Waals surface area contributed by atoms with Crippen molar-refractivity contribution in [3.05, 3.63) is 30.3 Å². The van der Waals surface area contributed by atoms with Crippen LogP contribution >= 0.6 is 0 Å². The zero-order valence-electron chi connectivity index (χ0n) is 13.6. The highest BCUT2D eigenvalue weighted by Crippen LogP contribution is 2.20. The van der Waals surface area contributed by atoms with Gasteiger partial charge in [0.05, 0.1) is 18.7 Å². The third-order valence-electron chi connectivity index (χ3n) is 4.02. The molecule has 0 N–H and O–H groups in total. The van der Waals surface area contributed by atoms with Gasteiger partial charge in [-0.15, -0.1) is 0 Å². The molecular formula is C16H24N2O4S. The van der Waals surface area contributed by atoms with Crippen LogP contribution in [0.15, 0.2) is 30.3 Å². The number of benzene rings is 1. The van der Waals surface area contributed by atoms with E-state index >= 15 is 0 Å². The summed E-state index contributed by atoms with van der Waals surface area (Å²) in [5.74, 6) is 0.490. The summed E-state index contributed by atoms with van der Waals surface area (Å²) in [6.45, 7) is 1.67. The van der Waals surface area contributed by atoms with Crippen molar-refractivity contribution in [3.63, 3.8) is 0 Å². The summed E-state index contributed by atoms with van der Waals surface area (Å²) in [5.41, 5.74) is 0. The molecular weight excluding hydrogens is 316 g/mol. The van der Waals surface area contributed by atoms with E-state index in [1.165, 1.54) is 10.6 Å². The maximum atomic E-state index is 12.5. The summed E-state index contributed by atoms with van der Waals surface area (Å²) in [7, 11) is -1.50. The lowest BCUT2D eigenvalue weighted by atomic mass is 9.98. The Morgan fingerprint density at radius 3 is 2.70 bits per heavy atom. The van der Waals surface area contributed by atoms with Crippen molar-refractivity contribution < 1.29 is 17.9 Å². The molecule has 1 fully saturated rings. The zero-order valence-corrected chi connectivity index (χ0v) is 14.5. The minimum absolute atomic E-state index is 0.0185. The molecule has 1 unspecified atom stereocenters. The van der Waals surface area contributed by atoms with Gasteiger partial charge in [-0.2, -0.15) is 0 Å². The van der Waals surface area contributed by atoms with Gasteiger partial charge in [-0.3, -0.25) is 4.79 Å². The second kappa shape index (κ2) is 7.79. The van der Waals surface area contributed by atoms with Gasteiger partial charge in [-0.05, 0) is 25.0 Å². The van der Waals surface area contributed by atoms with Gasteiger partial charge in [0.25, 0.3) is 0 Å². The van der Waals surface area contributed by atoms with Gasteiger partial charge >= 0.3 is 0 Å². The molecule has 1 heterocycles. The number of ether oxygens (including phenoxy) is 1. The SMILES string of the molecule is CN(CCOc1ccccc1)C(=O)C1CCCN(S(C)(=O)=O)C1. The fourth-order valence-electron chi connectivity index (χ4n) is 2.68. The number of carbonyl (C=O) groups is 1. The van der Waals surface area contributed by atoms with Crippen molar-refractivity contribution >= 4 is 15.9 Å². The van der Waals surface area contributed by atoms with Crippen LogP contribution in [0, 0.1) is 5.92 Å². The summed E-state index contributed by atoms with van der Waals surface area (Å²) in [4.78, 5) is 14.1. The van der Waals surface area contributed by atoms with Gasteiger partial charge in [-0.25, -0.2) is 12.7 Å². The van der Waals surface area contributed by atoms with Gasteiger partial charge in [0, 0.05) is 20.1 Å². The second-order valence-electron chi connectivity index (χ2n) is 5.88. The lowest BCUT2D eigenvalue weighted by Crippen LogP contribution is -2.46. The van der Waals surface area contributed by atoms with Gasteiger partial charge < -0.3 is 9.64 Å². The first-order chi connectivity index (χ1) is 10.9. The second-order valence-corrected chi connectivity index (χ2v) is 7.86. The minimum Gasteiger partial charge on any atom is -0.492 e. The van der Waals surface area contributed by atoms with Crippen LogP contribution in [0.3, 0.4) is 0 Å². The Kier molecular flexibility index (Phi) is 6.01. The third kappa shape index (κ3) is 5.21. The number of piperidine rings is 1. The van der Waals surface area contributed by atoms with E-state index in [4.69, 9.17) is 4.74 Å². The smallest absolute Gasteiger partial charge is 0.226 e. The van der Waals surface area contributed by atoms with E-state index in [1.54, 1.807) is 11.9 Å². The molecule has 0 saturated carbocycles. The number of likely N-dealkylation sites (N-methyl/N-ethyl adjacent to an activating group) is 1. The molecule has 0 bridgehead atoms. The Labute approximate surface area is 138 Å². The largest absolute Gasteiger partial charge is 0.492 e. The molecule has 1 aromatic rings. The molecule has 1 aromatic carbocycles. The minimum atomic E-state index is -3.23. The predicted octanol–water partition coefficient (Wildman–Crippen LogP) is 1.20. The first-order valence-electron chi connectivity index (χ1n) is 7.76. The third-order valence-corrected chi connectivity index (χ3v) is 5.29. The zero-order chi connectivity index (χ0) is 16.9. The van der Waals surface area contributed by atoms with E-state index in [9.17, 15) is 13.2 Å². The first-order valence-corrected chi connectivity index (χ1v) is 9.60. The molecule has 1 saturated heterocycles. The van der Waals surface area contributed by atoms with Crippen LogP contribution in [0.5, 0.6) is 5.75 Å². The highest BCUT2D eigenvalue weighted by atomic mass is 32.2. The topological polar surface area (TPSA) is 66.9 Å². The normalized spacial score (nSPS) is 19.3. The Morgan fingerprint density at radius 2 is 2.04 bits per heavy atom. The number of para-hydroxylation sites is 1. The molecule has 6 nitrogen and oxygen atoms in total. The molecule has 2 rings (SSSR count). The lowest BCUT2D eigenvalue weighted by molar-refractivity contribution is -0.135. The van der Waals surface area contributed by atoms with Crippen LogP contribution in [-0.2, 0) is 14.8 Å². The van der Waals surface area contributed by atoms with E-state index in [1.807, 2.05) is 30.3 Å². The molecule has 23 heavy (non-hydrogen) atoms. The molecule has 128 valence electrons. The van der Waals surface area contributed by atoms with Crippen molar-refractivity contribution in [2.75, 3.05) is 39.5 Å². The number of nitrogens with zero attached hydrogens (tertiary/aromatic N) is 2. The standard InChI is InChI=1S/C16H24N2O4S/c1-17(11-12-22-15-8-4-3-5-9-15)16(19)14-7-6-10-18(13-14)23(2,20)21/h3-5,8-9,14H,6-7,10-13H2,1-2H3. The summed E-state index contributed by atoms with van der Waals surface area (Å²) in [5, 5.41) is 0. The van der Waals surface area contributed by atoms with Crippen LogP contribution in [0.25, 0.3) is 0 Å². The predicted molar refractivity (Wildman–Crippen MR) is 88.7 cm³/mol. The van der Waals surface area contributed by atoms with Crippen LogP contribution < -0.4 is 4.74 Å². The van der Waals surface area contributed by atoms with Crippen LogP contribution in [0.1, 0.15) is 12.8 Å². The number of carbonyl (C=O) groups excluding carboxylic acids is 1. The van der Waals surface area contributed by atoms with Crippen LogP contribution in [-0.4, -0.2) is 63.1 Å². The summed E-state index contributed by atoms with van der Waals surface area (Å²) in [6.07, 6.45) is 2.64. The van der Waals surface area contributed by atoms with Crippen molar-refractivity contribution in [1.29, 1.82) is 0 Å². The van der Waals surface area contributed by atoms with Gasteiger partial charge in [-0.1, -0.05) is 18.2 Å². The summed E-state index contributed by atoms with van der Waals surface area (Å²) < 4.78 is 30.3. The maximum absolute atomic E-state index is 12.5. The number of rotatable bonds is 6. The van der Waals surface area contributed by atoms with Gasteiger partial charge in [0.15, 0.2) is 0 Å². The fourth-order valence-corrected chi connectivity index (χ4v) is 3.60. The van der Waals surface area contributed by atoms with Crippen LogP contribution in [0.2, 0.25) is 0 Å². The van der Waals surface area contributed by atoms with Gasteiger partial charge in [0.1, 0.15) is 12.4 Å². The number of hydrogen-bond acceptors (Lipinski definition) is 4. The fraction of sp³-hybridized carbons (Fsp3) is 0.562. The molecule has 0 aliphatic carbocycles. The van der Waals surface area contributed by atoms with Crippen molar-refractivity contribution in [2.24, 2.45) is 5.92 Å². The van der Waals surface area contributed by atoms with Crippen molar-refractivity contribution in [1.82, 2.24) is 9.21 Å². The molecule has 7 heteroatoms. The first kappa shape index (κ1) is 17.7. The molecule has 1 aliphatic rings. The Bertz CT molecular complexity index is 618. The average molecular weight is 340 g/mol. The highest BCUT2D eigenvalue weighted by Gasteiger charge is 2.31. The quantitative estimate of drug-likeness (QED) is 0.780. The number of amides is 1. The maximum Gasteiger partial charge on any atom is 0.226 e. The Balaban J connectivity index is 1.82. The van der Waals surface area contributed by atoms with Gasteiger partial charge in [0.2, 0.25) is 15.9 Å². The molecule has 0 aromatic heterocycles. The van der Waals surface area contributed by atoms with E-state index < -0.39 is 10.0 Å². The average Bonchev–Trinajstić information content (AvgIpc) is 2.54. The monoisotopic (exact) mass is 340 g/mol. The van der Waals surface area contributed by atoms with E-state index in [0.29, 0.717) is 19.7 Å². The summed E-state index contributed by atoms with van der Waals surface area (Å²) in [6, 6.07) is 9.44. The Hall–Kier alpha value is -1.60. The van der Waals surface area contributed by atoms with E-state index in [2.05, 4.69) is 0 Å². The number of sulfonamides is 1. The Morgan fingerprint density at radius 1 is 1.35 bits per heavy atom. The molecule has 1 aliphatic heterocycles. The molecule has 1 amide bonds. The summed E-state index contributed by atoms with van der Waals surface area (Å²) >= 11 is 0. The molecule has 1 atom stereocenters. The lowest BCUT2D eigenvalue weighted by Gasteiger charge is -2.32. The highest BCUT2D eigenvalue weighted by molar-refractivity contribution is 7.88. The van der Waals surface area contributed by atoms with Crippen molar-refractivity contribution in [3.8, 4) is 5.75 Å². The van der Waals surface area contributed by atoms with E-state index in [0.717, 1.165) is 18.6 Å². The van der Waals surface area contributed by atoms with E-state index in [-0.39, 0.29) is 18.4 Å². The van der Waals surface area contributed by atoms with Crippen molar-refractivity contribution in [2.45, 2.75) is 12.8 Å². The number of hydrogen-bond donors (Lipinski definition) is 0. The molecule has 0 radical (unpaired) electrons. The van der Waals surface area contributed by atoms with Crippen LogP contribution in [0.4, 0.5) is 0 Å².